The number of pyridine rings is 1. The van der Waals surface area contributed by atoms with E-state index in [9.17, 15) is 9.90 Å². The first-order valence-electron chi connectivity index (χ1n) is 12.9. The summed E-state index contributed by atoms with van der Waals surface area (Å²) in [5.41, 5.74) is 3.19. The fourth-order valence-corrected chi connectivity index (χ4v) is 5.02. The quantitative estimate of drug-likeness (QED) is 0.374. The largest absolute Gasteiger partial charge is 0.490 e. The molecule has 1 amide bonds. The zero-order valence-corrected chi connectivity index (χ0v) is 20.9. The lowest BCUT2D eigenvalue weighted by Gasteiger charge is -2.36. The van der Waals surface area contributed by atoms with Crippen molar-refractivity contribution in [1.29, 1.82) is 0 Å². The molecule has 0 aliphatic carbocycles. The first-order valence-corrected chi connectivity index (χ1v) is 12.9. The van der Waals surface area contributed by atoms with Gasteiger partial charge in [0, 0.05) is 56.6 Å². The summed E-state index contributed by atoms with van der Waals surface area (Å²) in [5.74, 6) is 0.938. The van der Waals surface area contributed by atoms with Gasteiger partial charge in [0.25, 0.3) is 0 Å². The van der Waals surface area contributed by atoms with E-state index in [4.69, 9.17) is 4.74 Å². The molecule has 0 spiro atoms. The standard InChI is InChI=1S/C31H33N3O3/c35-26(23-37-30-15-7-14-29-27(30)13-8-16-32-29)22-33-17-19-34(20-18-33)31(36)21-28(24-9-3-1-4-10-24)25-11-5-2-6-12-25/h1-16,26,28,35H,17-23H2. The lowest BCUT2D eigenvalue weighted by molar-refractivity contribution is -0.133. The fraction of sp³-hybridized carbons (Fsp3) is 0.290. The Morgan fingerprint density at radius 1 is 0.838 bits per heavy atom. The number of aromatic nitrogens is 1. The molecular formula is C31H33N3O3. The van der Waals surface area contributed by atoms with Gasteiger partial charge in [0.2, 0.25) is 5.91 Å². The molecule has 1 aliphatic heterocycles. The third-order valence-corrected chi connectivity index (χ3v) is 7.01. The SMILES string of the molecule is O=C(CC(c1ccccc1)c1ccccc1)N1CCN(CC(O)COc2cccc3ncccc23)CC1. The van der Waals surface area contributed by atoms with E-state index in [0.717, 1.165) is 40.9 Å². The van der Waals surface area contributed by atoms with Crippen molar-refractivity contribution in [3.8, 4) is 5.75 Å². The van der Waals surface area contributed by atoms with Gasteiger partial charge in [-0.05, 0) is 35.4 Å². The van der Waals surface area contributed by atoms with Gasteiger partial charge in [-0.2, -0.15) is 0 Å². The summed E-state index contributed by atoms with van der Waals surface area (Å²) < 4.78 is 5.93. The molecule has 0 bridgehead atoms. The molecule has 6 heteroatoms. The van der Waals surface area contributed by atoms with Crippen LogP contribution in [0.5, 0.6) is 5.75 Å². The number of carbonyl (C=O) groups excluding carboxylic acids is 1. The molecule has 0 saturated carbocycles. The number of nitrogens with zero attached hydrogens (tertiary/aromatic N) is 3. The highest BCUT2D eigenvalue weighted by atomic mass is 16.5. The van der Waals surface area contributed by atoms with Gasteiger partial charge in [-0.1, -0.05) is 66.7 Å². The van der Waals surface area contributed by atoms with E-state index < -0.39 is 6.10 Å². The summed E-state index contributed by atoms with van der Waals surface area (Å²) >= 11 is 0. The zero-order chi connectivity index (χ0) is 25.5. The molecule has 1 atom stereocenters. The highest BCUT2D eigenvalue weighted by Crippen LogP contribution is 2.29. The molecule has 1 unspecified atom stereocenters. The van der Waals surface area contributed by atoms with Crippen LogP contribution in [0.1, 0.15) is 23.5 Å². The second-order valence-electron chi connectivity index (χ2n) is 9.55. The molecule has 1 fully saturated rings. The number of fused-ring (bicyclic) bond motifs is 1. The number of β-amino-alcohol motifs (C(OH)–C–C–N with tert-alkyl or cyclic N) is 1. The van der Waals surface area contributed by atoms with E-state index in [-0.39, 0.29) is 18.4 Å². The Hall–Kier alpha value is -3.74. The van der Waals surface area contributed by atoms with Gasteiger partial charge in [-0.15, -0.1) is 0 Å². The summed E-state index contributed by atoms with van der Waals surface area (Å²) in [6.45, 7) is 3.53. The minimum atomic E-state index is -0.616. The number of rotatable bonds is 9. The topological polar surface area (TPSA) is 65.9 Å². The number of carbonyl (C=O) groups is 1. The van der Waals surface area contributed by atoms with Crippen LogP contribution in [0.25, 0.3) is 10.9 Å². The second-order valence-corrected chi connectivity index (χ2v) is 9.55. The Morgan fingerprint density at radius 2 is 1.51 bits per heavy atom. The van der Waals surface area contributed by atoms with E-state index in [1.54, 1.807) is 6.20 Å². The van der Waals surface area contributed by atoms with Gasteiger partial charge in [0.15, 0.2) is 0 Å². The summed E-state index contributed by atoms with van der Waals surface area (Å²) in [6, 6.07) is 30.1. The number of aliphatic hydroxyl groups excluding tert-OH is 1. The predicted molar refractivity (Wildman–Crippen MR) is 146 cm³/mol. The number of amides is 1. The van der Waals surface area contributed by atoms with E-state index in [0.29, 0.717) is 26.1 Å². The van der Waals surface area contributed by atoms with Crippen LogP contribution in [-0.4, -0.2) is 71.2 Å². The van der Waals surface area contributed by atoms with Gasteiger partial charge >= 0.3 is 0 Å². The van der Waals surface area contributed by atoms with Crippen molar-refractivity contribution in [2.24, 2.45) is 0 Å². The Balaban J connectivity index is 1.12. The van der Waals surface area contributed by atoms with Crippen LogP contribution in [0, 0.1) is 0 Å². The van der Waals surface area contributed by atoms with Crippen LogP contribution in [0.15, 0.2) is 97.2 Å². The first kappa shape index (κ1) is 24.9. The molecule has 1 N–H and O–H groups in total. The molecule has 190 valence electrons. The number of aliphatic hydroxyl groups is 1. The predicted octanol–water partition coefficient (Wildman–Crippen LogP) is 4.34. The number of piperazine rings is 1. The normalized spacial score (nSPS) is 15.1. The van der Waals surface area contributed by atoms with E-state index >= 15 is 0 Å². The molecule has 1 aromatic heterocycles. The van der Waals surface area contributed by atoms with E-state index in [1.165, 1.54) is 0 Å². The van der Waals surface area contributed by atoms with Gasteiger partial charge < -0.3 is 14.7 Å². The van der Waals surface area contributed by atoms with Crippen molar-refractivity contribution in [1.82, 2.24) is 14.8 Å². The van der Waals surface area contributed by atoms with Crippen LogP contribution >= 0.6 is 0 Å². The average molecular weight is 496 g/mol. The molecule has 4 aromatic rings. The van der Waals surface area contributed by atoms with Crippen molar-refractivity contribution in [3.05, 3.63) is 108 Å². The molecule has 3 aromatic carbocycles. The smallest absolute Gasteiger partial charge is 0.223 e. The average Bonchev–Trinajstić information content (AvgIpc) is 2.96. The number of hydrogen-bond donors (Lipinski definition) is 1. The lowest BCUT2D eigenvalue weighted by atomic mass is 9.88. The molecule has 1 saturated heterocycles. The van der Waals surface area contributed by atoms with Crippen molar-refractivity contribution in [2.45, 2.75) is 18.4 Å². The zero-order valence-electron chi connectivity index (χ0n) is 20.9. The first-order chi connectivity index (χ1) is 18.2. The highest BCUT2D eigenvalue weighted by Gasteiger charge is 2.26. The Bertz CT molecular complexity index is 1250. The van der Waals surface area contributed by atoms with Crippen molar-refractivity contribution >= 4 is 16.8 Å². The van der Waals surface area contributed by atoms with Gasteiger partial charge in [0.05, 0.1) is 5.52 Å². The Kier molecular flexibility index (Phi) is 8.08. The monoisotopic (exact) mass is 495 g/mol. The highest BCUT2D eigenvalue weighted by molar-refractivity contribution is 5.84. The van der Waals surface area contributed by atoms with Gasteiger partial charge in [-0.3, -0.25) is 14.7 Å². The maximum Gasteiger partial charge on any atom is 0.223 e. The van der Waals surface area contributed by atoms with Crippen molar-refractivity contribution < 1.29 is 14.6 Å². The maximum absolute atomic E-state index is 13.3. The third-order valence-electron chi connectivity index (χ3n) is 7.01. The molecule has 2 heterocycles. The summed E-state index contributed by atoms with van der Waals surface area (Å²) in [7, 11) is 0. The molecule has 37 heavy (non-hydrogen) atoms. The van der Waals surface area contributed by atoms with Crippen LogP contribution in [-0.2, 0) is 4.79 Å². The van der Waals surface area contributed by atoms with Crippen molar-refractivity contribution in [3.63, 3.8) is 0 Å². The van der Waals surface area contributed by atoms with E-state index in [2.05, 4.69) is 34.1 Å². The molecule has 5 rings (SSSR count). The van der Waals surface area contributed by atoms with Gasteiger partial charge in [0.1, 0.15) is 18.5 Å². The van der Waals surface area contributed by atoms with Crippen molar-refractivity contribution in [2.75, 3.05) is 39.3 Å². The minimum absolute atomic E-state index is 0.0381. The third kappa shape index (κ3) is 6.34. The number of benzene rings is 3. The summed E-state index contributed by atoms with van der Waals surface area (Å²) in [4.78, 5) is 21.8. The molecule has 0 radical (unpaired) electrons. The molecule has 1 aliphatic rings. The van der Waals surface area contributed by atoms with Gasteiger partial charge in [-0.25, -0.2) is 0 Å². The van der Waals surface area contributed by atoms with Crippen LogP contribution in [0.2, 0.25) is 0 Å². The maximum atomic E-state index is 13.3. The van der Waals surface area contributed by atoms with Crippen LogP contribution in [0.4, 0.5) is 0 Å². The molecule has 6 nitrogen and oxygen atoms in total. The number of hydrogen-bond acceptors (Lipinski definition) is 5. The minimum Gasteiger partial charge on any atom is -0.490 e. The Morgan fingerprint density at radius 3 is 2.19 bits per heavy atom. The lowest BCUT2D eigenvalue weighted by Crippen LogP contribution is -2.51. The van der Waals surface area contributed by atoms with Crippen LogP contribution in [0.3, 0.4) is 0 Å². The Labute approximate surface area is 218 Å². The summed E-state index contributed by atoms with van der Waals surface area (Å²) in [6.07, 6.45) is 1.59. The number of ether oxygens (including phenoxy) is 1. The fourth-order valence-electron chi connectivity index (χ4n) is 5.02. The molecular weight excluding hydrogens is 462 g/mol. The summed E-state index contributed by atoms with van der Waals surface area (Å²) in [5, 5.41) is 11.6. The van der Waals surface area contributed by atoms with Crippen LogP contribution < -0.4 is 4.74 Å². The second kappa shape index (κ2) is 12.0. The van der Waals surface area contributed by atoms with E-state index in [1.807, 2.05) is 71.6 Å².